The van der Waals surface area contributed by atoms with Crippen molar-refractivity contribution in [2.75, 3.05) is 0 Å². The van der Waals surface area contributed by atoms with Crippen molar-refractivity contribution < 1.29 is 18.0 Å². The predicted octanol–water partition coefficient (Wildman–Crippen LogP) is 4.74. The van der Waals surface area contributed by atoms with Gasteiger partial charge in [-0.25, -0.2) is 9.36 Å². The minimum atomic E-state index is -5.25. The zero-order chi connectivity index (χ0) is 29.3. The lowest BCUT2D eigenvalue weighted by molar-refractivity contribution is -0.0886. The fraction of sp³-hybridized carbons (Fsp3) is 0.133. The first kappa shape index (κ1) is 26.8. The van der Waals surface area contributed by atoms with Crippen molar-refractivity contribution in [3.8, 4) is 11.4 Å². The van der Waals surface area contributed by atoms with Crippen LogP contribution in [0.2, 0.25) is 0 Å². The topological polar surface area (TPSA) is 100 Å². The zero-order valence-electron chi connectivity index (χ0n) is 21.9. The van der Waals surface area contributed by atoms with E-state index in [4.69, 9.17) is 0 Å². The number of hydrogen-bond acceptors (Lipinski definition) is 6. The summed E-state index contributed by atoms with van der Waals surface area (Å²) in [5.74, 6) is -2.19. The van der Waals surface area contributed by atoms with Gasteiger partial charge in [0, 0.05) is 5.39 Å². The van der Waals surface area contributed by atoms with Gasteiger partial charge in [0.2, 0.25) is 0 Å². The number of para-hydroxylation sites is 3. The number of aryl methyl sites for hydroxylation is 2. The molecule has 0 fully saturated rings. The van der Waals surface area contributed by atoms with Crippen LogP contribution in [0, 0.1) is 0 Å². The number of Topliss-reactive ketones (excluding diaryl/α,β-unsaturated/α-hetero) is 1. The van der Waals surface area contributed by atoms with Gasteiger partial charge < -0.3 is 4.57 Å². The number of rotatable bonds is 8. The van der Waals surface area contributed by atoms with Crippen LogP contribution in [0.15, 0.2) is 102 Å². The van der Waals surface area contributed by atoms with E-state index in [2.05, 4.69) is 20.6 Å². The lowest BCUT2D eigenvalue weighted by Gasteiger charge is -2.17. The van der Waals surface area contributed by atoms with Crippen LogP contribution >= 0.6 is 0 Å². The standard InChI is InChI=1S/C30H22F3N7O2/c31-30(32,33)28(41)27-25(16-15-20-18-39(36-34-20)22-9-3-1-4-10-22)24-13-7-8-14-26(24)38(29(27)42)17-21-19-40(37-35-21)23-11-5-2-6-12-23/h1-14,18-19H,15-17H2. The monoisotopic (exact) mass is 569 g/mol. The minimum Gasteiger partial charge on any atom is -0.301 e. The molecule has 3 aromatic heterocycles. The second-order valence-electron chi connectivity index (χ2n) is 9.57. The molecule has 0 aliphatic carbocycles. The van der Waals surface area contributed by atoms with E-state index in [9.17, 15) is 22.8 Å². The molecule has 0 N–H and O–H groups in total. The van der Waals surface area contributed by atoms with Gasteiger partial charge in [-0.2, -0.15) is 13.2 Å². The van der Waals surface area contributed by atoms with Crippen molar-refractivity contribution in [1.29, 1.82) is 0 Å². The average molecular weight is 570 g/mol. The van der Waals surface area contributed by atoms with Crippen LogP contribution in [0.1, 0.15) is 27.3 Å². The molecular weight excluding hydrogens is 547 g/mol. The highest BCUT2D eigenvalue weighted by Crippen LogP contribution is 2.28. The summed E-state index contributed by atoms with van der Waals surface area (Å²) < 4.78 is 45.7. The highest BCUT2D eigenvalue weighted by atomic mass is 19.4. The Morgan fingerprint density at radius 2 is 1.26 bits per heavy atom. The summed E-state index contributed by atoms with van der Waals surface area (Å²) in [4.78, 5) is 26.5. The fourth-order valence-corrected chi connectivity index (χ4v) is 4.88. The quantitative estimate of drug-likeness (QED) is 0.246. The molecule has 0 spiro atoms. The van der Waals surface area contributed by atoms with Gasteiger partial charge in [0.15, 0.2) is 0 Å². The lowest BCUT2D eigenvalue weighted by atomic mass is 9.95. The number of ketones is 1. The Hall–Kier alpha value is -5.39. The first-order valence-corrected chi connectivity index (χ1v) is 13.0. The summed E-state index contributed by atoms with van der Waals surface area (Å²) in [5, 5.41) is 16.8. The van der Waals surface area contributed by atoms with Crippen LogP contribution in [0.5, 0.6) is 0 Å². The van der Waals surface area contributed by atoms with Gasteiger partial charge in [-0.05, 0) is 48.7 Å². The van der Waals surface area contributed by atoms with Crippen LogP contribution in [0.3, 0.4) is 0 Å². The van der Waals surface area contributed by atoms with E-state index in [0.717, 1.165) is 15.9 Å². The Morgan fingerprint density at radius 3 is 1.88 bits per heavy atom. The summed E-state index contributed by atoms with van der Waals surface area (Å²) in [7, 11) is 0. The summed E-state index contributed by atoms with van der Waals surface area (Å²) in [6.45, 7) is -0.185. The average Bonchev–Trinajstić information content (AvgIpc) is 3.68. The number of alkyl halides is 3. The summed E-state index contributed by atoms with van der Waals surface area (Å²) in [5.41, 5.74) is 0.745. The molecule has 3 aromatic carbocycles. The van der Waals surface area contributed by atoms with Gasteiger partial charge in [-0.3, -0.25) is 9.59 Å². The van der Waals surface area contributed by atoms with Crippen LogP contribution < -0.4 is 5.56 Å². The first-order valence-electron chi connectivity index (χ1n) is 13.0. The van der Waals surface area contributed by atoms with E-state index < -0.39 is 23.1 Å². The number of benzene rings is 3. The van der Waals surface area contributed by atoms with E-state index in [1.54, 1.807) is 41.3 Å². The van der Waals surface area contributed by atoms with Crippen molar-refractivity contribution in [2.45, 2.75) is 25.6 Å². The predicted molar refractivity (Wildman–Crippen MR) is 148 cm³/mol. The molecule has 0 aliphatic heterocycles. The van der Waals surface area contributed by atoms with E-state index in [1.165, 1.54) is 4.68 Å². The number of fused-ring (bicyclic) bond motifs is 1. The highest BCUT2D eigenvalue weighted by Gasteiger charge is 2.43. The summed E-state index contributed by atoms with van der Waals surface area (Å²) in [6, 6.07) is 24.9. The molecule has 0 bridgehead atoms. The Labute approximate surface area is 236 Å². The van der Waals surface area contributed by atoms with Crippen LogP contribution in [0.4, 0.5) is 13.2 Å². The third kappa shape index (κ3) is 5.21. The van der Waals surface area contributed by atoms with Crippen LogP contribution in [-0.2, 0) is 19.4 Å². The molecular formula is C30H22F3N7O2. The maximum absolute atomic E-state index is 13.8. The van der Waals surface area contributed by atoms with Crippen LogP contribution in [0.25, 0.3) is 22.3 Å². The van der Waals surface area contributed by atoms with Crippen molar-refractivity contribution in [1.82, 2.24) is 34.6 Å². The lowest BCUT2D eigenvalue weighted by Crippen LogP contribution is -2.35. The van der Waals surface area contributed by atoms with Gasteiger partial charge >= 0.3 is 6.18 Å². The van der Waals surface area contributed by atoms with E-state index in [1.807, 2.05) is 60.7 Å². The number of nitrogens with zero attached hydrogens (tertiary/aromatic N) is 7. The third-order valence-electron chi connectivity index (χ3n) is 6.84. The Balaban J connectivity index is 1.41. The smallest absolute Gasteiger partial charge is 0.301 e. The van der Waals surface area contributed by atoms with Crippen LogP contribution in [-0.4, -0.2) is 46.5 Å². The molecule has 0 amide bonds. The second-order valence-corrected chi connectivity index (χ2v) is 9.57. The van der Waals surface area contributed by atoms with Gasteiger partial charge in [0.05, 0.1) is 47.1 Å². The summed E-state index contributed by atoms with van der Waals surface area (Å²) in [6.07, 6.45) is -1.87. The molecule has 12 heteroatoms. The number of aromatic nitrogens is 7. The Kier molecular flexibility index (Phi) is 6.95. The highest BCUT2D eigenvalue weighted by molar-refractivity contribution is 6.04. The number of carbonyl (C=O) groups excluding carboxylic acids is 1. The van der Waals surface area contributed by atoms with E-state index in [0.29, 0.717) is 22.3 Å². The molecule has 0 radical (unpaired) electrons. The maximum Gasteiger partial charge on any atom is 0.455 e. The Bertz CT molecular complexity index is 1950. The normalized spacial score (nSPS) is 11.7. The summed E-state index contributed by atoms with van der Waals surface area (Å²) >= 11 is 0. The van der Waals surface area contributed by atoms with Crippen molar-refractivity contribution in [3.05, 3.63) is 130 Å². The molecule has 6 rings (SSSR count). The first-order chi connectivity index (χ1) is 20.3. The number of halogens is 3. The molecule has 9 nitrogen and oxygen atoms in total. The molecule has 6 aromatic rings. The molecule has 0 atom stereocenters. The molecule has 0 saturated carbocycles. The van der Waals surface area contributed by atoms with Gasteiger partial charge in [-0.15, -0.1) is 10.2 Å². The fourth-order valence-electron chi connectivity index (χ4n) is 4.88. The van der Waals surface area contributed by atoms with Crippen molar-refractivity contribution in [3.63, 3.8) is 0 Å². The number of carbonyl (C=O) groups is 1. The zero-order valence-corrected chi connectivity index (χ0v) is 21.9. The molecule has 0 unspecified atom stereocenters. The second kappa shape index (κ2) is 10.9. The maximum atomic E-state index is 13.8. The third-order valence-corrected chi connectivity index (χ3v) is 6.84. The SMILES string of the molecule is O=C(c1c(CCc2cn(-c3ccccc3)nn2)c2ccccc2n(Cc2cn(-c3ccccc3)nn2)c1=O)C(F)(F)F. The van der Waals surface area contributed by atoms with Crippen molar-refractivity contribution >= 4 is 16.7 Å². The molecule has 0 saturated heterocycles. The largest absolute Gasteiger partial charge is 0.455 e. The minimum absolute atomic E-state index is 0.0105. The Morgan fingerprint density at radius 1 is 0.714 bits per heavy atom. The van der Waals surface area contributed by atoms with Gasteiger partial charge in [0.1, 0.15) is 5.69 Å². The van der Waals surface area contributed by atoms with E-state index >= 15 is 0 Å². The number of hydrogen-bond donors (Lipinski definition) is 0. The molecule has 0 aliphatic rings. The van der Waals surface area contributed by atoms with Gasteiger partial charge in [0.25, 0.3) is 11.3 Å². The number of pyridine rings is 1. The molecule has 210 valence electrons. The van der Waals surface area contributed by atoms with Gasteiger partial charge in [-0.1, -0.05) is 65.0 Å². The van der Waals surface area contributed by atoms with Crippen molar-refractivity contribution in [2.24, 2.45) is 0 Å². The molecule has 42 heavy (non-hydrogen) atoms. The molecule has 3 heterocycles. The van der Waals surface area contributed by atoms with E-state index in [-0.39, 0.29) is 24.9 Å².